The van der Waals surface area contributed by atoms with E-state index in [1.54, 1.807) is 0 Å². The smallest absolute Gasteiger partial charge is 0.0615 e. The molecule has 0 heterocycles. The molecule has 21 heavy (non-hydrogen) atoms. The molecule has 1 aliphatic rings. The number of hydrogen-bond acceptors (Lipinski definition) is 3. The van der Waals surface area contributed by atoms with Gasteiger partial charge >= 0.3 is 0 Å². The first-order valence-electron chi connectivity index (χ1n) is 8.22. The minimum Gasteiger partial charge on any atom is -0.394 e. The standard InChI is InChI=1S/C18H29NO2/c1-19-18(15-20)12-5-10-17(18)11-14-21-13-6-9-16-7-3-2-4-8-16/h2-4,7-8,17,19-20H,5-6,9-15H2,1H3. The average Bonchev–Trinajstić information content (AvgIpc) is 2.95. The maximum Gasteiger partial charge on any atom is 0.0615 e. The summed E-state index contributed by atoms with van der Waals surface area (Å²) in [5.74, 6) is 0.543. The predicted octanol–water partition coefficient (Wildman–Crippen LogP) is 2.78. The SMILES string of the molecule is CNC1(CO)CCCC1CCOCCCc1ccccc1. The van der Waals surface area contributed by atoms with E-state index < -0.39 is 0 Å². The Morgan fingerprint density at radius 2 is 2.10 bits per heavy atom. The fourth-order valence-electron chi connectivity index (χ4n) is 3.53. The van der Waals surface area contributed by atoms with Crippen LogP contribution in [0.25, 0.3) is 0 Å². The van der Waals surface area contributed by atoms with Crippen LogP contribution < -0.4 is 5.32 Å². The monoisotopic (exact) mass is 291 g/mol. The van der Waals surface area contributed by atoms with Crippen molar-refractivity contribution in [3.63, 3.8) is 0 Å². The lowest BCUT2D eigenvalue weighted by Crippen LogP contribution is -2.49. The first-order valence-corrected chi connectivity index (χ1v) is 8.22. The van der Waals surface area contributed by atoms with Gasteiger partial charge in [-0.25, -0.2) is 0 Å². The maximum absolute atomic E-state index is 9.65. The quantitative estimate of drug-likeness (QED) is 0.687. The number of aliphatic hydroxyl groups excluding tert-OH is 1. The van der Waals surface area contributed by atoms with E-state index in [1.807, 2.05) is 7.05 Å². The summed E-state index contributed by atoms with van der Waals surface area (Å²) in [5, 5.41) is 13.0. The molecule has 2 unspecified atom stereocenters. The topological polar surface area (TPSA) is 41.5 Å². The second-order valence-electron chi connectivity index (χ2n) is 6.14. The highest BCUT2D eigenvalue weighted by Gasteiger charge is 2.40. The molecule has 1 saturated carbocycles. The number of ether oxygens (including phenoxy) is 1. The highest BCUT2D eigenvalue weighted by atomic mass is 16.5. The lowest BCUT2D eigenvalue weighted by Gasteiger charge is -2.33. The van der Waals surface area contributed by atoms with Gasteiger partial charge in [-0.15, -0.1) is 0 Å². The van der Waals surface area contributed by atoms with Gasteiger partial charge in [0.2, 0.25) is 0 Å². The molecular formula is C18H29NO2. The van der Waals surface area contributed by atoms with Gasteiger partial charge in [-0.3, -0.25) is 0 Å². The average molecular weight is 291 g/mol. The summed E-state index contributed by atoms with van der Waals surface area (Å²) < 4.78 is 5.79. The minimum atomic E-state index is -0.0621. The van der Waals surface area contributed by atoms with Crippen LogP contribution in [0.3, 0.4) is 0 Å². The molecule has 0 spiro atoms. The Balaban J connectivity index is 1.59. The third-order valence-corrected chi connectivity index (χ3v) is 4.94. The Morgan fingerprint density at radius 3 is 2.81 bits per heavy atom. The third kappa shape index (κ3) is 4.53. The van der Waals surface area contributed by atoms with Crippen LogP contribution in [0.15, 0.2) is 30.3 Å². The van der Waals surface area contributed by atoms with E-state index in [9.17, 15) is 5.11 Å². The molecule has 0 radical (unpaired) electrons. The van der Waals surface area contributed by atoms with Crippen molar-refractivity contribution in [1.82, 2.24) is 5.32 Å². The van der Waals surface area contributed by atoms with E-state index in [4.69, 9.17) is 4.74 Å². The van der Waals surface area contributed by atoms with E-state index in [0.717, 1.165) is 38.9 Å². The number of benzene rings is 1. The fourth-order valence-corrected chi connectivity index (χ4v) is 3.53. The molecule has 0 amide bonds. The molecule has 2 rings (SSSR count). The minimum absolute atomic E-state index is 0.0621. The first kappa shape index (κ1) is 16.5. The van der Waals surface area contributed by atoms with Gasteiger partial charge < -0.3 is 15.2 Å². The van der Waals surface area contributed by atoms with Gasteiger partial charge in [-0.1, -0.05) is 36.8 Å². The van der Waals surface area contributed by atoms with Gasteiger partial charge in [-0.05, 0) is 50.6 Å². The lowest BCUT2D eigenvalue weighted by atomic mass is 9.86. The van der Waals surface area contributed by atoms with Crippen LogP contribution in [-0.4, -0.2) is 37.5 Å². The van der Waals surface area contributed by atoms with E-state index in [-0.39, 0.29) is 12.1 Å². The van der Waals surface area contributed by atoms with Crippen molar-refractivity contribution in [2.24, 2.45) is 5.92 Å². The molecule has 2 atom stereocenters. The van der Waals surface area contributed by atoms with Gasteiger partial charge in [0.25, 0.3) is 0 Å². The summed E-state index contributed by atoms with van der Waals surface area (Å²) in [5.41, 5.74) is 1.32. The van der Waals surface area contributed by atoms with Crippen molar-refractivity contribution in [1.29, 1.82) is 0 Å². The van der Waals surface area contributed by atoms with E-state index in [1.165, 1.54) is 18.4 Å². The summed E-state index contributed by atoms with van der Waals surface area (Å²) in [6.07, 6.45) is 6.70. The van der Waals surface area contributed by atoms with Gasteiger partial charge in [-0.2, -0.15) is 0 Å². The molecule has 118 valence electrons. The lowest BCUT2D eigenvalue weighted by molar-refractivity contribution is 0.0817. The molecule has 0 aromatic heterocycles. The van der Waals surface area contributed by atoms with E-state index >= 15 is 0 Å². The van der Waals surface area contributed by atoms with Crippen LogP contribution >= 0.6 is 0 Å². The van der Waals surface area contributed by atoms with Gasteiger partial charge in [0.1, 0.15) is 0 Å². The molecule has 1 aliphatic carbocycles. The normalized spacial score (nSPS) is 25.3. The number of aryl methyl sites for hydroxylation is 1. The Hall–Kier alpha value is -0.900. The van der Waals surface area contributed by atoms with Crippen molar-refractivity contribution in [3.05, 3.63) is 35.9 Å². The molecule has 3 heteroatoms. The molecule has 0 bridgehead atoms. The summed E-state index contributed by atoms with van der Waals surface area (Å²) in [6.45, 7) is 1.87. The number of likely N-dealkylation sites (N-methyl/N-ethyl adjacent to an activating group) is 1. The summed E-state index contributed by atoms with van der Waals surface area (Å²) >= 11 is 0. The molecule has 1 aromatic carbocycles. The first-order chi connectivity index (χ1) is 10.3. The summed E-state index contributed by atoms with van der Waals surface area (Å²) in [7, 11) is 1.97. The van der Waals surface area contributed by atoms with Crippen LogP contribution in [0.1, 0.15) is 37.7 Å². The Kier molecular flexibility index (Phi) is 6.68. The third-order valence-electron chi connectivity index (χ3n) is 4.94. The van der Waals surface area contributed by atoms with Crippen LogP contribution in [0.4, 0.5) is 0 Å². The van der Waals surface area contributed by atoms with Crippen LogP contribution in [-0.2, 0) is 11.2 Å². The molecule has 0 aliphatic heterocycles. The molecule has 3 nitrogen and oxygen atoms in total. The Labute approximate surface area is 128 Å². The van der Waals surface area contributed by atoms with Crippen molar-refractivity contribution in [3.8, 4) is 0 Å². The van der Waals surface area contributed by atoms with Crippen molar-refractivity contribution in [2.45, 2.75) is 44.1 Å². The Bertz CT molecular complexity index is 389. The van der Waals surface area contributed by atoms with Crippen molar-refractivity contribution >= 4 is 0 Å². The zero-order valence-corrected chi connectivity index (χ0v) is 13.2. The Morgan fingerprint density at radius 1 is 1.29 bits per heavy atom. The van der Waals surface area contributed by atoms with Gasteiger partial charge in [0, 0.05) is 18.8 Å². The number of nitrogens with one attached hydrogen (secondary N) is 1. The number of aliphatic hydroxyl groups is 1. The molecular weight excluding hydrogens is 262 g/mol. The van der Waals surface area contributed by atoms with E-state index in [0.29, 0.717) is 5.92 Å². The summed E-state index contributed by atoms with van der Waals surface area (Å²) in [6, 6.07) is 10.6. The zero-order valence-electron chi connectivity index (χ0n) is 13.2. The summed E-state index contributed by atoms with van der Waals surface area (Å²) in [4.78, 5) is 0. The van der Waals surface area contributed by atoms with Gasteiger partial charge in [0.15, 0.2) is 0 Å². The van der Waals surface area contributed by atoms with Crippen molar-refractivity contribution in [2.75, 3.05) is 26.9 Å². The highest BCUT2D eigenvalue weighted by Crippen LogP contribution is 2.37. The molecule has 1 fully saturated rings. The molecule has 0 saturated heterocycles. The maximum atomic E-state index is 9.65. The predicted molar refractivity (Wildman–Crippen MR) is 86.4 cm³/mol. The second-order valence-corrected chi connectivity index (χ2v) is 6.14. The molecule has 1 aromatic rings. The van der Waals surface area contributed by atoms with Crippen LogP contribution in [0.2, 0.25) is 0 Å². The number of hydrogen-bond donors (Lipinski definition) is 2. The second kappa shape index (κ2) is 8.52. The fraction of sp³-hybridized carbons (Fsp3) is 0.667. The largest absolute Gasteiger partial charge is 0.394 e. The van der Waals surface area contributed by atoms with Gasteiger partial charge in [0.05, 0.1) is 6.61 Å². The highest BCUT2D eigenvalue weighted by molar-refractivity contribution is 5.14. The van der Waals surface area contributed by atoms with Crippen LogP contribution in [0, 0.1) is 5.92 Å². The number of rotatable bonds is 9. The van der Waals surface area contributed by atoms with Crippen molar-refractivity contribution < 1.29 is 9.84 Å². The van der Waals surface area contributed by atoms with E-state index in [2.05, 4.69) is 35.6 Å². The zero-order chi connectivity index (χ0) is 15.0. The van der Waals surface area contributed by atoms with Crippen LogP contribution in [0.5, 0.6) is 0 Å². The molecule has 2 N–H and O–H groups in total.